The third-order valence-electron chi connectivity index (χ3n) is 1.43. The number of nitrogens with zero attached hydrogens (tertiary/aromatic N) is 1. The van der Waals surface area contributed by atoms with Gasteiger partial charge in [0, 0.05) is 6.07 Å². The maximum Gasteiger partial charge on any atom is 0.283 e. The fourth-order valence-electron chi connectivity index (χ4n) is 0.901. The number of benzene rings is 1. The molecule has 0 unspecified atom stereocenters. The summed E-state index contributed by atoms with van der Waals surface area (Å²) >= 11 is 0. The Kier molecular flexibility index (Phi) is 2.82. The minimum atomic E-state index is -0.464. The molecule has 0 bridgehead atoms. The van der Waals surface area contributed by atoms with Gasteiger partial charge in [-0.25, -0.2) is 0 Å². The number of nitro benzene ring substituents is 1. The van der Waals surface area contributed by atoms with Gasteiger partial charge >= 0.3 is 0 Å². The first-order valence-corrected chi connectivity index (χ1v) is 3.29. The highest BCUT2D eigenvalue weighted by atomic mass is 16.6. The van der Waals surface area contributed by atoms with Crippen LogP contribution in [0.1, 0.15) is 5.56 Å². The largest absolute Gasteiger partial charge is 0.443 e. The van der Waals surface area contributed by atoms with Gasteiger partial charge in [0.05, 0.1) is 17.1 Å². The van der Waals surface area contributed by atoms with Gasteiger partial charge < -0.3 is 4.65 Å². The molecule has 0 amide bonds. The molecule has 0 aliphatic heterocycles. The summed E-state index contributed by atoms with van der Waals surface area (Å²) in [7, 11) is 4.81. The molecule has 0 aliphatic rings. The zero-order chi connectivity index (χ0) is 8.97. The molecule has 0 spiro atoms. The van der Waals surface area contributed by atoms with Crippen LogP contribution in [0.15, 0.2) is 24.3 Å². The second kappa shape index (κ2) is 3.87. The van der Waals surface area contributed by atoms with E-state index in [0.29, 0.717) is 5.56 Å². The lowest BCUT2D eigenvalue weighted by atomic mass is 10.2. The van der Waals surface area contributed by atoms with E-state index >= 15 is 0 Å². The molecular formula is C7H6BNO3. The Balaban J connectivity index is 3.00. The Morgan fingerprint density at radius 2 is 2.17 bits per heavy atom. The van der Waals surface area contributed by atoms with Crippen molar-refractivity contribution < 1.29 is 9.58 Å². The van der Waals surface area contributed by atoms with Crippen molar-refractivity contribution in [3.05, 3.63) is 39.9 Å². The first-order chi connectivity index (χ1) is 5.75. The smallest absolute Gasteiger partial charge is 0.283 e. The van der Waals surface area contributed by atoms with E-state index in [1.54, 1.807) is 18.2 Å². The van der Waals surface area contributed by atoms with Gasteiger partial charge in [-0.2, -0.15) is 0 Å². The molecule has 2 radical (unpaired) electrons. The van der Waals surface area contributed by atoms with Crippen molar-refractivity contribution in [2.75, 3.05) is 0 Å². The third kappa shape index (κ3) is 1.82. The third-order valence-corrected chi connectivity index (χ3v) is 1.43. The van der Waals surface area contributed by atoms with Crippen molar-refractivity contribution in [1.82, 2.24) is 0 Å². The average molecular weight is 163 g/mol. The summed E-state index contributed by atoms with van der Waals surface area (Å²) in [5, 5.41) is 10.4. The van der Waals surface area contributed by atoms with Crippen molar-refractivity contribution in [1.29, 1.82) is 0 Å². The van der Waals surface area contributed by atoms with Crippen LogP contribution < -0.4 is 0 Å². The van der Waals surface area contributed by atoms with Crippen LogP contribution in [0, 0.1) is 10.1 Å². The van der Waals surface area contributed by atoms with Gasteiger partial charge in [0.1, 0.15) is 0 Å². The van der Waals surface area contributed by atoms with Crippen LogP contribution in [0.25, 0.3) is 0 Å². The number of rotatable bonds is 3. The number of para-hydroxylation sites is 1. The van der Waals surface area contributed by atoms with Crippen molar-refractivity contribution in [2.24, 2.45) is 0 Å². The monoisotopic (exact) mass is 163 g/mol. The number of hydrogen-bond donors (Lipinski definition) is 0. The molecule has 0 aliphatic carbocycles. The van der Waals surface area contributed by atoms with Crippen LogP contribution in [0.5, 0.6) is 0 Å². The first kappa shape index (κ1) is 8.74. The minimum Gasteiger partial charge on any atom is -0.443 e. The Bertz CT molecular complexity index is 290. The lowest BCUT2D eigenvalue weighted by molar-refractivity contribution is -0.385. The molecule has 0 heterocycles. The van der Waals surface area contributed by atoms with Crippen molar-refractivity contribution in [3.8, 4) is 0 Å². The summed E-state index contributed by atoms with van der Waals surface area (Å²) in [6.45, 7) is 0.0527. The van der Waals surface area contributed by atoms with Gasteiger partial charge in [-0.1, -0.05) is 12.1 Å². The molecule has 12 heavy (non-hydrogen) atoms. The molecule has 60 valence electrons. The molecule has 1 aromatic rings. The summed E-state index contributed by atoms with van der Waals surface area (Å²) in [5.74, 6) is 0. The molecule has 0 atom stereocenters. The van der Waals surface area contributed by atoms with E-state index in [1.165, 1.54) is 6.07 Å². The Morgan fingerprint density at radius 1 is 1.50 bits per heavy atom. The van der Waals surface area contributed by atoms with Gasteiger partial charge in [0.15, 0.2) is 0 Å². The molecule has 1 rings (SSSR count). The van der Waals surface area contributed by atoms with Gasteiger partial charge in [-0.3, -0.25) is 10.1 Å². The van der Waals surface area contributed by atoms with E-state index in [9.17, 15) is 10.1 Å². The normalized spacial score (nSPS) is 9.67. The highest BCUT2D eigenvalue weighted by molar-refractivity contribution is 5.97. The summed E-state index contributed by atoms with van der Waals surface area (Å²) in [6, 6.07) is 6.30. The Labute approximate surface area is 70.7 Å². The van der Waals surface area contributed by atoms with E-state index < -0.39 is 4.92 Å². The van der Waals surface area contributed by atoms with E-state index in [-0.39, 0.29) is 12.3 Å². The van der Waals surface area contributed by atoms with Crippen LogP contribution in [0.4, 0.5) is 5.69 Å². The topological polar surface area (TPSA) is 52.4 Å². The quantitative estimate of drug-likeness (QED) is 0.382. The van der Waals surface area contributed by atoms with Gasteiger partial charge in [-0.05, 0) is 6.07 Å². The average Bonchev–Trinajstić information content (AvgIpc) is 2.05. The maximum absolute atomic E-state index is 10.4. The molecule has 5 heteroatoms. The molecule has 0 aromatic heterocycles. The SMILES string of the molecule is [B]OCc1ccccc1[N+](=O)[O-]. The summed E-state index contributed by atoms with van der Waals surface area (Å²) in [4.78, 5) is 9.94. The van der Waals surface area contributed by atoms with E-state index in [2.05, 4.69) is 4.65 Å². The zero-order valence-electron chi connectivity index (χ0n) is 6.27. The maximum atomic E-state index is 10.4. The second-order valence-electron chi connectivity index (χ2n) is 2.20. The van der Waals surface area contributed by atoms with Crippen LogP contribution in [-0.4, -0.2) is 13.0 Å². The van der Waals surface area contributed by atoms with Crippen molar-refractivity contribution >= 4 is 13.7 Å². The number of nitro groups is 1. The van der Waals surface area contributed by atoms with E-state index in [4.69, 9.17) is 8.05 Å². The summed E-state index contributed by atoms with van der Waals surface area (Å²) in [6.07, 6.45) is 0. The minimum absolute atomic E-state index is 0.0305. The number of hydrogen-bond acceptors (Lipinski definition) is 3. The standard InChI is InChI=1S/C7H6BNO3/c8-12-5-6-3-1-2-4-7(6)9(10)11/h1-4H,5H2. The Hall–Kier alpha value is -1.36. The van der Waals surface area contributed by atoms with Crippen molar-refractivity contribution in [3.63, 3.8) is 0 Å². The van der Waals surface area contributed by atoms with Crippen LogP contribution >= 0.6 is 0 Å². The lowest BCUT2D eigenvalue weighted by Crippen LogP contribution is -1.96. The van der Waals surface area contributed by atoms with Gasteiger partial charge in [-0.15, -0.1) is 0 Å². The lowest BCUT2D eigenvalue weighted by Gasteiger charge is -1.99. The Morgan fingerprint density at radius 3 is 2.75 bits per heavy atom. The molecule has 4 nitrogen and oxygen atoms in total. The van der Waals surface area contributed by atoms with Crippen LogP contribution in [-0.2, 0) is 11.3 Å². The zero-order valence-corrected chi connectivity index (χ0v) is 6.27. The predicted molar refractivity (Wildman–Crippen MR) is 43.6 cm³/mol. The molecule has 0 saturated carbocycles. The first-order valence-electron chi connectivity index (χ1n) is 3.29. The summed E-state index contributed by atoms with van der Waals surface area (Å²) in [5.41, 5.74) is 0.507. The van der Waals surface area contributed by atoms with Crippen LogP contribution in [0.3, 0.4) is 0 Å². The molecule has 0 saturated heterocycles. The molecular weight excluding hydrogens is 157 g/mol. The second-order valence-corrected chi connectivity index (χ2v) is 2.20. The van der Waals surface area contributed by atoms with E-state index in [1.807, 2.05) is 0 Å². The predicted octanol–water partition coefficient (Wildman–Crippen LogP) is 1.19. The van der Waals surface area contributed by atoms with Crippen molar-refractivity contribution in [2.45, 2.75) is 6.61 Å². The highest BCUT2D eigenvalue weighted by Gasteiger charge is 2.10. The molecule has 1 aromatic carbocycles. The van der Waals surface area contributed by atoms with Crippen LogP contribution in [0.2, 0.25) is 0 Å². The fourth-order valence-corrected chi connectivity index (χ4v) is 0.901. The fraction of sp³-hybridized carbons (Fsp3) is 0.143. The highest BCUT2D eigenvalue weighted by Crippen LogP contribution is 2.17. The molecule has 0 N–H and O–H groups in total. The van der Waals surface area contributed by atoms with E-state index in [0.717, 1.165) is 0 Å². The van der Waals surface area contributed by atoms with Gasteiger partial charge in [0.2, 0.25) is 0 Å². The molecule has 0 fully saturated rings. The summed E-state index contributed by atoms with van der Waals surface area (Å²) < 4.78 is 4.31. The van der Waals surface area contributed by atoms with Gasteiger partial charge in [0.25, 0.3) is 13.7 Å².